The number of hydrogen-bond donors (Lipinski definition) is 0. The van der Waals surface area contributed by atoms with Gasteiger partial charge in [0.05, 0.1) is 10.4 Å². The maximum Gasteiger partial charge on any atom is 0.243 e. The first-order chi connectivity index (χ1) is 13.8. The third-order valence-electron chi connectivity index (χ3n) is 5.93. The molecule has 4 nitrogen and oxygen atoms in total. The van der Waals surface area contributed by atoms with Gasteiger partial charge >= 0.3 is 0 Å². The molecule has 0 aliphatic carbocycles. The van der Waals surface area contributed by atoms with Gasteiger partial charge in [-0.05, 0) is 59.6 Å². The van der Waals surface area contributed by atoms with Gasteiger partial charge in [-0.15, -0.1) is 0 Å². The molecule has 29 heavy (non-hydrogen) atoms. The van der Waals surface area contributed by atoms with Crippen molar-refractivity contribution in [3.05, 3.63) is 71.9 Å². The summed E-state index contributed by atoms with van der Waals surface area (Å²) in [5, 5.41) is 1.18. The average Bonchev–Trinajstić information content (AvgIpc) is 2.73. The van der Waals surface area contributed by atoms with Crippen LogP contribution in [0.15, 0.2) is 65.7 Å². The minimum atomic E-state index is -3.45. The van der Waals surface area contributed by atoms with Crippen LogP contribution in [0.3, 0.4) is 0 Å². The van der Waals surface area contributed by atoms with Crippen molar-refractivity contribution in [3.63, 3.8) is 0 Å². The molecule has 0 saturated carbocycles. The number of benzene rings is 2. The van der Waals surface area contributed by atoms with Gasteiger partial charge in [-0.2, -0.15) is 4.31 Å². The predicted molar refractivity (Wildman–Crippen MR) is 118 cm³/mol. The molecule has 0 radical (unpaired) electrons. The van der Waals surface area contributed by atoms with Gasteiger partial charge in [0.1, 0.15) is 0 Å². The van der Waals surface area contributed by atoms with E-state index < -0.39 is 10.0 Å². The van der Waals surface area contributed by atoms with E-state index in [1.165, 1.54) is 10.9 Å². The second-order valence-corrected chi connectivity index (χ2v) is 10.8. The van der Waals surface area contributed by atoms with Crippen molar-refractivity contribution in [1.29, 1.82) is 0 Å². The average molecular weight is 409 g/mol. The molecule has 4 rings (SSSR count). The third-order valence-corrected chi connectivity index (χ3v) is 7.85. The van der Waals surface area contributed by atoms with E-state index in [2.05, 4.69) is 37.9 Å². The summed E-state index contributed by atoms with van der Waals surface area (Å²) in [4.78, 5) is 4.84. The van der Waals surface area contributed by atoms with Crippen molar-refractivity contribution in [2.24, 2.45) is 0 Å². The largest absolute Gasteiger partial charge is 0.256 e. The highest BCUT2D eigenvalue weighted by atomic mass is 32.2. The van der Waals surface area contributed by atoms with Crippen molar-refractivity contribution in [2.45, 2.75) is 49.8 Å². The van der Waals surface area contributed by atoms with Crippen molar-refractivity contribution in [3.8, 4) is 0 Å². The van der Waals surface area contributed by atoms with Gasteiger partial charge < -0.3 is 0 Å². The Balaban J connectivity index is 1.51. The van der Waals surface area contributed by atoms with Gasteiger partial charge in [0, 0.05) is 24.7 Å². The Morgan fingerprint density at radius 2 is 1.59 bits per heavy atom. The first-order valence-corrected chi connectivity index (χ1v) is 11.7. The monoisotopic (exact) mass is 408 g/mol. The van der Waals surface area contributed by atoms with E-state index in [1.54, 1.807) is 16.4 Å². The predicted octanol–water partition coefficient (Wildman–Crippen LogP) is 5.10. The maximum atomic E-state index is 13.1. The van der Waals surface area contributed by atoms with Crippen molar-refractivity contribution < 1.29 is 8.42 Å². The highest BCUT2D eigenvalue weighted by Gasteiger charge is 2.30. The van der Waals surface area contributed by atoms with Crippen molar-refractivity contribution >= 4 is 20.9 Å². The smallest absolute Gasteiger partial charge is 0.243 e. The fourth-order valence-electron chi connectivity index (χ4n) is 4.16. The number of nitrogens with zero attached hydrogens (tertiary/aromatic N) is 2. The molecule has 0 N–H and O–H groups in total. The van der Waals surface area contributed by atoms with E-state index in [9.17, 15) is 8.42 Å². The Bertz CT molecular complexity index is 1100. The number of sulfonamides is 1. The summed E-state index contributed by atoms with van der Waals surface area (Å²) in [6.07, 6.45) is 3.51. The molecule has 0 unspecified atom stereocenters. The lowest BCUT2D eigenvalue weighted by molar-refractivity contribution is 0.320. The van der Waals surface area contributed by atoms with Gasteiger partial charge in [-0.1, -0.05) is 51.1 Å². The molecule has 1 aromatic heterocycles. The van der Waals surface area contributed by atoms with Crippen LogP contribution in [0.4, 0.5) is 0 Å². The molecule has 152 valence electrons. The molecule has 2 aromatic carbocycles. The zero-order valence-electron chi connectivity index (χ0n) is 17.3. The number of pyridine rings is 1. The van der Waals surface area contributed by atoms with E-state index in [0.29, 0.717) is 23.9 Å². The van der Waals surface area contributed by atoms with Crippen LogP contribution >= 0.6 is 0 Å². The number of fused-ring (bicyclic) bond motifs is 1. The molecular formula is C24H28N2O2S. The molecule has 1 fully saturated rings. The summed E-state index contributed by atoms with van der Waals surface area (Å²) in [5.74, 6) is 0.359. The first-order valence-electron chi connectivity index (χ1n) is 10.2. The Hall–Kier alpha value is -2.24. The molecule has 1 saturated heterocycles. The number of piperidine rings is 1. The lowest BCUT2D eigenvalue weighted by Gasteiger charge is -2.32. The van der Waals surface area contributed by atoms with Crippen molar-refractivity contribution in [2.75, 3.05) is 13.1 Å². The highest BCUT2D eigenvalue weighted by Crippen LogP contribution is 2.34. The Labute approximate surface area is 173 Å². The van der Waals surface area contributed by atoms with Gasteiger partial charge in [0.15, 0.2) is 0 Å². The lowest BCUT2D eigenvalue weighted by Crippen LogP contribution is -2.38. The quantitative estimate of drug-likeness (QED) is 0.606. The Morgan fingerprint density at radius 1 is 0.931 bits per heavy atom. The minimum Gasteiger partial charge on any atom is -0.256 e. The van der Waals surface area contributed by atoms with E-state index in [0.717, 1.165) is 23.9 Å². The van der Waals surface area contributed by atoms with Crippen LogP contribution in [-0.2, 0) is 15.4 Å². The van der Waals surface area contributed by atoms with E-state index >= 15 is 0 Å². The topological polar surface area (TPSA) is 50.3 Å². The molecule has 2 heterocycles. The van der Waals surface area contributed by atoms with Gasteiger partial charge in [-0.25, -0.2) is 8.42 Å². The second kappa shape index (κ2) is 7.54. The zero-order chi connectivity index (χ0) is 20.6. The molecule has 0 spiro atoms. The van der Waals surface area contributed by atoms with Gasteiger partial charge in [-0.3, -0.25) is 4.98 Å². The molecule has 3 aromatic rings. The van der Waals surface area contributed by atoms with Crippen LogP contribution < -0.4 is 0 Å². The standard InChI is InChI=1S/C24H28N2O2S/c1-24(2,3)19-8-10-20(11-9-19)29(27,28)26-16-13-18(14-17-26)21-12-15-25-23-7-5-4-6-22(21)23/h4-12,15,18H,13-14,16-17H2,1-3H3. The molecule has 0 bridgehead atoms. The van der Waals surface area contributed by atoms with E-state index in [1.807, 2.05) is 36.5 Å². The fraction of sp³-hybridized carbons (Fsp3) is 0.375. The third kappa shape index (κ3) is 3.94. The zero-order valence-corrected chi connectivity index (χ0v) is 18.1. The SMILES string of the molecule is CC(C)(C)c1ccc(S(=O)(=O)N2CCC(c3ccnc4ccccc34)CC2)cc1. The lowest BCUT2D eigenvalue weighted by atomic mass is 9.87. The molecule has 0 amide bonds. The Morgan fingerprint density at radius 3 is 2.24 bits per heavy atom. The summed E-state index contributed by atoms with van der Waals surface area (Å²) >= 11 is 0. The number of para-hydroxylation sites is 1. The maximum absolute atomic E-state index is 13.1. The second-order valence-electron chi connectivity index (χ2n) is 8.87. The molecule has 0 atom stereocenters. The van der Waals surface area contributed by atoms with Crippen LogP contribution in [0.5, 0.6) is 0 Å². The molecule has 5 heteroatoms. The fourth-order valence-corrected chi connectivity index (χ4v) is 5.63. The highest BCUT2D eigenvalue weighted by molar-refractivity contribution is 7.89. The normalized spacial score (nSPS) is 16.9. The summed E-state index contributed by atoms with van der Waals surface area (Å²) < 4.78 is 27.9. The van der Waals surface area contributed by atoms with Crippen LogP contribution in [0, 0.1) is 0 Å². The summed E-state index contributed by atoms with van der Waals surface area (Å²) in [6.45, 7) is 7.48. The molecule has 1 aliphatic rings. The van der Waals surface area contributed by atoms with E-state index in [4.69, 9.17) is 0 Å². The summed E-state index contributed by atoms with van der Waals surface area (Å²) in [6, 6.07) is 17.6. The van der Waals surface area contributed by atoms with Crippen LogP contribution in [0.1, 0.15) is 50.7 Å². The number of rotatable bonds is 3. The van der Waals surface area contributed by atoms with Crippen molar-refractivity contribution in [1.82, 2.24) is 9.29 Å². The molecule has 1 aliphatic heterocycles. The van der Waals surface area contributed by atoms with Crippen LogP contribution in [0.25, 0.3) is 10.9 Å². The van der Waals surface area contributed by atoms with Gasteiger partial charge in [0.2, 0.25) is 10.0 Å². The van der Waals surface area contributed by atoms with Crippen LogP contribution in [0.2, 0.25) is 0 Å². The number of hydrogen-bond acceptors (Lipinski definition) is 3. The van der Waals surface area contributed by atoms with Crippen LogP contribution in [-0.4, -0.2) is 30.8 Å². The summed E-state index contributed by atoms with van der Waals surface area (Å²) in [5.41, 5.74) is 3.43. The van der Waals surface area contributed by atoms with Gasteiger partial charge in [0.25, 0.3) is 0 Å². The minimum absolute atomic E-state index is 0.00789. The van der Waals surface area contributed by atoms with E-state index in [-0.39, 0.29) is 5.41 Å². The Kier molecular flexibility index (Phi) is 5.21. The number of aromatic nitrogens is 1. The first kappa shape index (κ1) is 20.0. The molecular weight excluding hydrogens is 380 g/mol. The summed E-state index contributed by atoms with van der Waals surface area (Å²) in [7, 11) is -3.45.